The summed E-state index contributed by atoms with van der Waals surface area (Å²) in [4.78, 5) is 40.2. The average Bonchev–Trinajstić information content (AvgIpc) is 1.72. The van der Waals surface area contributed by atoms with Crippen molar-refractivity contribution in [3.05, 3.63) is 172 Å². The standard InChI is InChI=1S/C74H82N2O4S4Si2/c1-53-64-65(80-71(53)77)63(72(78)79-64)70-76-52-62(82-70)67-60(48-36-20-16-12-10-14-18-22-38-50-86(74(6,7)8,57-43-31-25-32-44-57)58-45-33-26-34-46-58)69-68(84-67)59(66(83-69)61-51-75-54(2)81-61)47-35-19-15-11-9-13-17-21-37-49-85(73(3,4)5,55-39-27-23-28-40-55)56-41-29-24-30-42-56/h23-34,39-46,51-52H,9-22,35-36,47-48H2,1-8H3. The van der Waals surface area contributed by atoms with E-state index in [-0.39, 0.29) is 27.2 Å². The van der Waals surface area contributed by atoms with Gasteiger partial charge in [-0.2, -0.15) is 0 Å². The molecule has 0 saturated carbocycles. The third-order valence-electron chi connectivity index (χ3n) is 17.3. The van der Waals surface area contributed by atoms with Gasteiger partial charge in [-0.3, -0.25) is 0 Å². The van der Waals surface area contributed by atoms with Gasteiger partial charge in [-0.05, 0) is 94.3 Å². The maximum atomic E-state index is 13.3. The number of fused-ring (bicyclic) bond motifs is 2. The van der Waals surface area contributed by atoms with Crippen LogP contribution in [0.2, 0.25) is 10.1 Å². The summed E-state index contributed by atoms with van der Waals surface area (Å²) >= 11 is 7.10. The van der Waals surface area contributed by atoms with E-state index >= 15 is 0 Å². The molecular formula is C74H82N2O4S4Si2. The van der Waals surface area contributed by atoms with Gasteiger partial charge in [0.05, 0.1) is 30.1 Å². The quantitative estimate of drug-likeness (QED) is 0.0246. The van der Waals surface area contributed by atoms with E-state index in [0.717, 1.165) is 67.7 Å². The van der Waals surface area contributed by atoms with E-state index in [4.69, 9.17) is 19.4 Å². The molecule has 0 fully saturated rings. The van der Waals surface area contributed by atoms with E-state index in [9.17, 15) is 9.59 Å². The molecule has 0 saturated heterocycles. The van der Waals surface area contributed by atoms with E-state index in [1.54, 1.807) is 18.3 Å². The lowest BCUT2D eigenvalue weighted by Gasteiger charge is -2.39. The number of carbonyl (C=O) groups excluding carboxylic acids is 2. The molecule has 6 heterocycles. The number of esters is 2. The van der Waals surface area contributed by atoms with Crippen LogP contribution in [-0.2, 0) is 31.9 Å². The van der Waals surface area contributed by atoms with Gasteiger partial charge in [-0.25, -0.2) is 19.6 Å². The second-order valence-electron chi connectivity index (χ2n) is 25.2. The van der Waals surface area contributed by atoms with Crippen molar-refractivity contribution >= 4 is 109 Å². The number of ether oxygens (including phenoxy) is 2. The van der Waals surface area contributed by atoms with E-state index in [1.807, 2.05) is 28.9 Å². The van der Waals surface area contributed by atoms with Crippen molar-refractivity contribution in [2.24, 2.45) is 0 Å². The van der Waals surface area contributed by atoms with Crippen molar-refractivity contribution in [2.75, 3.05) is 0 Å². The molecule has 0 spiro atoms. The Morgan fingerprint density at radius 2 is 0.814 bits per heavy atom. The number of hydrogen-bond donors (Lipinski definition) is 0. The Morgan fingerprint density at radius 3 is 1.21 bits per heavy atom. The molecule has 0 bridgehead atoms. The monoisotopic (exact) mass is 1250 g/mol. The predicted octanol–water partition coefficient (Wildman–Crippen LogP) is 18.2. The number of rotatable bonds is 25. The van der Waals surface area contributed by atoms with Gasteiger partial charge < -0.3 is 9.47 Å². The first-order chi connectivity index (χ1) is 41.6. The lowest BCUT2D eigenvalue weighted by molar-refractivity contribution is -0.133. The van der Waals surface area contributed by atoms with E-state index in [0.29, 0.717) is 10.6 Å². The molecule has 0 N–H and O–H groups in total. The number of unbranched alkanes of at least 4 members (excludes halogenated alkanes) is 14. The van der Waals surface area contributed by atoms with Crippen molar-refractivity contribution in [3.63, 3.8) is 0 Å². The van der Waals surface area contributed by atoms with Gasteiger partial charge in [-0.1, -0.05) is 227 Å². The second kappa shape index (κ2) is 28.3. The molecular weight excluding hydrogens is 1170 g/mol. The van der Waals surface area contributed by atoms with Crippen molar-refractivity contribution in [1.82, 2.24) is 9.97 Å². The molecule has 6 nitrogen and oxygen atoms in total. The minimum Gasteiger partial charge on any atom is -0.418 e. The van der Waals surface area contributed by atoms with Crippen molar-refractivity contribution in [3.8, 4) is 42.4 Å². The summed E-state index contributed by atoms with van der Waals surface area (Å²) in [7, 11) is -4.76. The maximum Gasteiger partial charge on any atom is 0.350 e. The Hall–Kier alpha value is -6.23. The van der Waals surface area contributed by atoms with Crippen LogP contribution in [0.4, 0.5) is 0 Å². The van der Waals surface area contributed by atoms with Crippen LogP contribution < -0.4 is 20.7 Å². The summed E-state index contributed by atoms with van der Waals surface area (Å²) < 4.78 is 13.9. The highest BCUT2D eigenvalue weighted by Crippen LogP contribution is 2.52. The molecule has 0 atom stereocenters. The van der Waals surface area contributed by atoms with Gasteiger partial charge >= 0.3 is 11.9 Å². The lowest BCUT2D eigenvalue weighted by Crippen LogP contribution is -2.63. The van der Waals surface area contributed by atoms with Crippen LogP contribution in [0.25, 0.3) is 34.5 Å². The molecule has 0 radical (unpaired) electrons. The fraction of sp³-hybridized carbons (Fsp3) is 0.378. The average molecular weight is 1250 g/mol. The molecule has 0 aliphatic carbocycles. The Labute approximate surface area is 529 Å². The van der Waals surface area contributed by atoms with Crippen LogP contribution in [0, 0.1) is 29.9 Å². The number of thiophene rings is 2. The first-order valence-electron chi connectivity index (χ1n) is 31.2. The molecule has 2 aliphatic rings. The van der Waals surface area contributed by atoms with Gasteiger partial charge in [0.2, 0.25) is 16.1 Å². The first kappa shape index (κ1) is 62.8. The van der Waals surface area contributed by atoms with E-state index < -0.39 is 28.1 Å². The predicted molar refractivity (Wildman–Crippen MR) is 371 cm³/mol. The molecule has 8 aromatic rings. The van der Waals surface area contributed by atoms with Crippen molar-refractivity contribution < 1.29 is 19.1 Å². The van der Waals surface area contributed by atoms with Gasteiger partial charge in [0.15, 0.2) is 11.5 Å². The molecule has 4 aromatic heterocycles. The molecule has 444 valence electrons. The third kappa shape index (κ3) is 13.6. The Balaban J connectivity index is 0.789. The zero-order chi connectivity index (χ0) is 60.3. The van der Waals surface area contributed by atoms with Crippen LogP contribution >= 0.6 is 45.3 Å². The van der Waals surface area contributed by atoms with Gasteiger partial charge in [0.25, 0.3) is 0 Å². The van der Waals surface area contributed by atoms with Gasteiger partial charge in [-0.15, -0.1) is 68.3 Å². The minimum absolute atomic E-state index is 0.0312. The molecule has 10 rings (SSSR count). The summed E-state index contributed by atoms with van der Waals surface area (Å²) in [5.74, 6) is 6.87. The molecule has 86 heavy (non-hydrogen) atoms. The highest BCUT2D eigenvalue weighted by Gasteiger charge is 2.48. The summed E-state index contributed by atoms with van der Waals surface area (Å²) in [6, 6.07) is 44.2. The highest BCUT2D eigenvalue weighted by atomic mass is 32.1. The number of aryl methyl sites for hydroxylation is 3. The summed E-state index contributed by atoms with van der Waals surface area (Å²) in [6.07, 6.45) is 24.4. The topological polar surface area (TPSA) is 78.4 Å². The summed E-state index contributed by atoms with van der Waals surface area (Å²) in [5.41, 5.74) is 11.3. The largest absolute Gasteiger partial charge is 0.418 e. The van der Waals surface area contributed by atoms with Crippen LogP contribution in [0.3, 0.4) is 0 Å². The Kier molecular flexibility index (Phi) is 20.7. The number of thiazole rings is 2. The summed E-state index contributed by atoms with van der Waals surface area (Å²) in [6.45, 7) is 18.0. The molecule has 0 amide bonds. The molecule has 4 aromatic carbocycles. The Bertz CT molecular complexity index is 3760. The number of benzene rings is 4. The number of aromatic nitrogens is 2. The summed E-state index contributed by atoms with van der Waals surface area (Å²) in [5, 5.41) is 7.23. The van der Waals surface area contributed by atoms with Crippen molar-refractivity contribution in [2.45, 2.75) is 181 Å². The van der Waals surface area contributed by atoms with Crippen LogP contribution in [0.5, 0.6) is 0 Å². The normalized spacial score (nSPS) is 13.7. The van der Waals surface area contributed by atoms with E-state index in [2.05, 4.69) is 199 Å². The van der Waals surface area contributed by atoms with Crippen molar-refractivity contribution in [1.29, 1.82) is 0 Å². The SMILES string of the molecule is CC1=C2OC(=O)C(c3ncc(-c4sc5c(CCCCCCCCCC#C[Si](c6ccccc6)(c6ccccc6)C(C)(C)C)c(-c6cnc(C)s6)sc5c4CCCCCCCCCC#C[Si](c4ccccc4)(c4ccccc4)C(C)(C)C)s3)=C2OC1=O. The van der Waals surface area contributed by atoms with Gasteiger partial charge in [0, 0.05) is 34.6 Å². The van der Waals surface area contributed by atoms with E-state index in [1.165, 1.54) is 125 Å². The second-order valence-corrected chi connectivity index (χ2v) is 38.3. The van der Waals surface area contributed by atoms with Gasteiger partial charge in [0.1, 0.15) is 10.6 Å². The molecule has 0 unspecified atom stereocenters. The lowest BCUT2D eigenvalue weighted by atomic mass is 10.0. The zero-order valence-electron chi connectivity index (χ0n) is 51.6. The fourth-order valence-electron chi connectivity index (χ4n) is 12.7. The molecule has 12 heteroatoms. The van der Waals surface area contributed by atoms with Crippen LogP contribution in [-0.4, -0.2) is 38.1 Å². The van der Waals surface area contributed by atoms with Crippen LogP contribution in [0.1, 0.15) is 172 Å². The fourth-order valence-corrected chi connectivity index (χ4v) is 26.7. The zero-order valence-corrected chi connectivity index (χ0v) is 56.9. The number of carbonyl (C=O) groups is 2. The number of hydrogen-bond acceptors (Lipinski definition) is 10. The minimum atomic E-state index is -2.38. The Morgan fingerprint density at radius 1 is 0.442 bits per heavy atom. The highest BCUT2D eigenvalue weighted by molar-refractivity contribution is 7.34. The third-order valence-corrected chi connectivity index (χ3v) is 32.7. The first-order valence-corrected chi connectivity index (χ1v) is 38.5. The number of nitrogens with zero attached hydrogens (tertiary/aromatic N) is 2. The maximum absolute atomic E-state index is 13.3. The molecule has 2 aliphatic heterocycles. The smallest absolute Gasteiger partial charge is 0.350 e. The van der Waals surface area contributed by atoms with Crippen LogP contribution in [0.15, 0.2) is 151 Å².